The molecular formula is C21H20F2N6. The molecule has 148 valence electrons. The average molecular weight is 394 g/mol. The highest BCUT2D eigenvalue weighted by Crippen LogP contribution is 2.27. The van der Waals surface area contributed by atoms with Gasteiger partial charge in [-0.25, -0.2) is 13.8 Å². The summed E-state index contributed by atoms with van der Waals surface area (Å²) in [6.45, 7) is 0.816. The normalized spacial score (nSPS) is 11.9. The number of nitrogens with zero attached hydrogens (tertiary/aromatic N) is 4. The quantitative estimate of drug-likeness (QED) is 0.520. The lowest BCUT2D eigenvalue weighted by molar-refractivity contribution is 0.410. The molecule has 0 radical (unpaired) electrons. The maximum absolute atomic E-state index is 14.6. The fourth-order valence-electron chi connectivity index (χ4n) is 2.96. The van der Waals surface area contributed by atoms with Crippen molar-refractivity contribution in [2.24, 2.45) is 0 Å². The van der Waals surface area contributed by atoms with Gasteiger partial charge in [-0.2, -0.15) is 10.2 Å². The number of benzene rings is 2. The Bertz CT molecular complexity index is 1160. The topological polar surface area (TPSA) is 73.5 Å². The minimum atomic E-state index is -0.423. The van der Waals surface area contributed by atoms with Crippen molar-refractivity contribution in [3.63, 3.8) is 0 Å². The Morgan fingerprint density at radius 1 is 1.00 bits per heavy atom. The first-order valence-corrected chi connectivity index (χ1v) is 9.17. The Morgan fingerprint density at radius 3 is 2.55 bits per heavy atom. The van der Waals surface area contributed by atoms with E-state index >= 15 is 0 Å². The smallest absolute Gasteiger partial charge is 0.184 e. The van der Waals surface area contributed by atoms with E-state index in [-0.39, 0.29) is 5.82 Å². The van der Waals surface area contributed by atoms with E-state index < -0.39 is 5.82 Å². The van der Waals surface area contributed by atoms with Gasteiger partial charge in [-0.05, 0) is 43.9 Å². The first-order chi connectivity index (χ1) is 14.0. The van der Waals surface area contributed by atoms with Crippen LogP contribution >= 0.6 is 0 Å². The monoisotopic (exact) mass is 394 g/mol. The Balaban J connectivity index is 1.65. The number of nitrogens with one attached hydrogen (secondary N) is 2. The molecule has 0 spiro atoms. The van der Waals surface area contributed by atoms with Crippen molar-refractivity contribution in [2.75, 3.05) is 20.6 Å². The lowest BCUT2D eigenvalue weighted by atomic mass is 10.1. The van der Waals surface area contributed by atoms with Gasteiger partial charge in [0.25, 0.3) is 0 Å². The molecule has 6 nitrogen and oxygen atoms in total. The molecule has 4 rings (SSSR count). The fraction of sp³-hybridized carbons (Fsp3) is 0.190. The summed E-state index contributed by atoms with van der Waals surface area (Å²) in [5.41, 5.74) is 2.37. The van der Waals surface area contributed by atoms with Crippen molar-refractivity contribution in [1.82, 2.24) is 30.3 Å². The maximum atomic E-state index is 14.6. The van der Waals surface area contributed by atoms with Gasteiger partial charge >= 0.3 is 0 Å². The summed E-state index contributed by atoms with van der Waals surface area (Å²) in [5.74, 6) is 0.307. The van der Waals surface area contributed by atoms with E-state index in [0.717, 1.165) is 17.5 Å². The van der Waals surface area contributed by atoms with Gasteiger partial charge in [0.2, 0.25) is 0 Å². The van der Waals surface area contributed by atoms with Crippen LogP contribution in [0.2, 0.25) is 0 Å². The van der Waals surface area contributed by atoms with Crippen LogP contribution in [0.5, 0.6) is 0 Å². The third-order valence-corrected chi connectivity index (χ3v) is 4.55. The molecule has 29 heavy (non-hydrogen) atoms. The van der Waals surface area contributed by atoms with Crippen LogP contribution in [-0.4, -0.2) is 50.9 Å². The molecule has 8 heteroatoms. The van der Waals surface area contributed by atoms with Crippen LogP contribution in [0, 0.1) is 11.6 Å². The zero-order valence-electron chi connectivity index (χ0n) is 16.1. The standard InChI is InChI=1S/C21H20F2N6/c1-29(2)10-9-20-24-21(28-27-20)15-11-16-18(25-26-19(16)12-17(15)23)8-5-13-3-6-14(22)7-4-13/h3-8,11-12H,9-10H2,1-2H3,(H,25,26)(H,24,27,28). The van der Waals surface area contributed by atoms with E-state index in [9.17, 15) is 8.78 Å². The summed E-state index contributed by atoms with van der Waals surface area (Å²) in [4.78, 5) is 6.46. The second-order valence-corrected chi connectivity index (χ2v) is 7.03. The molecule has 0 amide bonds. The summed E-state index contributed by atoms with van der Waals surface area (Å²) in [6.07, 6.45) is 4.32. The number of hydrogen-bond donors (Lipinski definition) is 2. The summed E-state index contributed by atoms with van der Waals surface area (Å²) in [5, 5.41) is 14.9. The van der Waals surface area contributed by atoms with Gasteiger partial charge in [-0.15, -0.1) is 0 Å². The summed E-state index contributed by atoms with van der Waals surface area (Å²) in [6, 6.07) is 9.23. The lowest BCUT2D eigenvalue weighted by Crippen LogP contribution is -2.15. The van der Waals surface area contributed by atoms with Gasteiger partial charge < -0.3 is 4.90 Å². The zero-order valence-corrected chi connectivity index (χ0v) is 16.1. The van der Waals surface area contributed by atoms with E-state index in [0.29, 0.717) is 34.8 Å². The number of aromatic amines is 2. The van der Waals surface area contributed by atoms with Crippen molar-refractivity contribution in [3.8, 4) is 11.4 Å². The van der Waals surface area contributed by atoms with Crippen LogP contribution in [0.3, 0.4) is 0 Å². The van der Waals surface area contributed by atoms with Crippen LogP contribution in [0.25, 0.3) is 34.4 Å². The van der Waals surface area contributed by atoms with Gasteiger partial charge in [0.1, 0.15) is 17.5 Å². The third-order valence-electron chi connectivity index (χ3n) is 4.55. The fourth-order valence-corrected chi connectivity index (χ4v) is 2.96. The molecular weight excluding hydrogens is 374 g/mol. The second kappa shape index (κ2) is 7.92. The van der Waals surface area contributed by atoms with E-state index in [1.807, 2.05) is 25.1 Å². The molecule has 0 fully saturated rings. The molecule has 0 aliphatic heterocycles. The molecule has 0 atom stereocenters. The minimum Gasteiger partial charge on any atom is -0.309 e. The Labute approximate surface area is 166 Å². The largest absolute Gasteiger partial charge is 0.309 e. The number of fused-ring (bicyclic) bond motifs is 1. The highest BCUT2D eigenvalue weighted by atomic mass is 19.1. The van der Waals surface area contributed by atoms with Crippen LogP contribution < -0.4 is 0 Å². The van der Waals surface area contributed by atoms with Crippen LogP contribution in [0.15, 0.2) is 36.4 Å². The number of hydrogen-bond acceptors (Lipinski definition) is 4. The highest BCUT2D eigenvalue weighted by Gasteiger charge is 2.15. The number of H-pyrrole nitrogens is 2. The van der Waals surface area contributed by atoms with E-state index in [4.69, 9.17) is 0 Å². The summed E-state index contributed by atoms with van der Waals surface area (Å²) < 4.78 is 27.7. The highest BCUT2D eigenvalue weighted by molar-refractivity contribution is 5.92. The van der Waals surface area contributed by atoms with Crippen LogP contribution in [0.1, 0.15) is 17.1 Å². The molecule has 2 aromatic carbocycles. The summed E-state index contributed by atoms with van der Waals surface area (Å²) >= 11 is 0. The van der Waals surface area contributed by atoms with Crippen molar-refractivity contribution >= 4 is 23.1 Å². The van der Waals surface area contributed by atoms with Crippen molar-refractivity contribution in [3.05, 3.63) is 65.1 Å². The molecule has 0 saturated heterocycles. The predicted molar refractivity (Wildman–Crippen MR) is 109 cm³/mol. The van der Waals surface area contributed by atoms with Gasteiger partial charge in [0.05, 0.1) is 16.8 Å². The Kier molecular flexibility index (Phi) is 5.18. The average Bonchev–Trinajstić information content (AvgIpc) is 3.32. The summed E-state index contributed by atoms with van der Waals surface area (Å²) in [7, 11) is 3.95. The third kappa shape index (κ3) is 4.22. The molecule has 2 N–H and O–H groups in total. The molecule has 0 aliphatic carbocycles. The SMILES string of the molecule is CN(C)CCc1nc(-c2cc3c(C=Cc4ccc(F)cc4)n[nH]c3cc2F)n[nH]1. The molecule has 0 aliphatic rings. The first-order valence-electron chi connectivity index (χ1n) is 9.17. The van der Waals surface area contributed by atoms with Gasteiger partial charge in [0.15, 0.2) is 5.82 Å². The molecule has 0 unspecified atom stereocenters. The molecule has 2 heterocycles. The Morgan fingerprint density at radius 2 is 1.79 bits per heavy atom. The van der Waals surface area contributed by atoms with Crippen molar-refractivity contribution in [2.45, 2.75) is 6.42 Å². The second-order valence-electron chi connectivity index (χ2n) is 7.03. The minimum absolute atomic E-state index is 0.288. The predicted octanol–water partition coefficient (Wildman–Crippen LogP) is 3.90. The van der Waals surface area contributed by atoms with Crippen LogP contribution in [-0.2, 0) is 6.42 Å². The number of aromatic nitrogens is 5. The number of rotatable bonds is 6. The van der Waals surface area contributed by atoms with Gasteiger partial charge in [0, 0.05) is 24.4 Å². The van der Waals surface area contributed by atoms with Crippen molar-refractivity contribution < 1.29 is 8.78 Å². The Hall–Kier alpha value is -3.39. The van der Waals surface area contributed by atoms with Crippen LogP contribution in [0.4, 0.5) is 8.78 Å². The van der Waals surface area contributed by atoms with Gasteiger partial charge in [-0.1, -0.05) is 18.2 Å². The molecule has 2 aromatic heterocycles. The molecule has 0 saturated carbocycles. The van der Waals surface area contributed by atoms with E-state index in [1.165, 1.54) is 18.2 Å². The number of halogens is 2. The molecule has 4 aromatic rings. The van der Waals surface area contributed by atoms with E-state index in [2.05, 4.69) is 25.4 Å². The lowest BCUT2D eigenvalue weighted by Gasteiger charge is -2.06. The van der Waals surface area contributed by atoms with E-state index in [1.54, 1.807) is 24.3 Å². The first kappa shape index (κ1) is 18.9. The maximum Gasteiger partial charge on any atom is 0.184 e. The van der Waals surface area contributed by atoms with Gasteiger partial charge in [-0.3, -0.25) is 10.2 Å². The zero-order chi connectivity index (χ0) is 20.4. The number of likely N-dealkylation sites (N-methyl/N-ethyl adjacent to an activating group) is 1. The molecule has 0 bridgehead atoms. The van der Waals surface area contributed by atoms with Crippen molar-refractivity contribution in [1.29, 1.82) is 0 Å².